The average Bonchev–Trinajstić information content (AvgIpc) is 3.80. The Labute approximate surface area is 329 Å². The van der Waals surface area contributed by atoms with Gasteiger partial charge in [0.15, 0.2) is 5.60 Å². The molecule has 6 rings (SSSR count). The number of benzene rings is 3. The van der Waals surface area contributed by atoms with Crippen molar-refractivity contribution in [2.75, 3.05) is 25.2 Å². The Morgan fingerprint density at radius 2 is 1.81 bits per heavy atom. The van der Waals surface area contributed by atoms with Gasteiger partial charge in [0.1, 0.15) is 5.75 Å². The van der Waals surface area contributed by atoms with Crippen LogP contribution in [-0.4, -0.2) is 60.4 Å². The van der Waals surface area contributed by atoms with E-state index in [4.69, 9.17) is 9.47 Å². The molecule has 1 N–H and O–H groups in total. The molecule has 3 aromatic carbocycles. The van der Waals surface area contributed by atoms with Gasteiger partial charge in [0.05, 0.1) is 45.2 Å². The standard InChI is InChI=1S/C43H53IN4O4Si/c1-29(2)12-11-13-30(3)22-25-48-39-21-16-33(44)26-37(39)43(42(48)50)31(4)41(53(6,7)35-19-17-34(51-5)18-20-35)40(52-43)23-24-47-27-38(45-46-47)36(28-49)32-14-9-8-10-15-32/h8-10,12,14-22,26-27,31,36,40-41,49H,11,13,23-25,28H2,1-7H3/b30-22+/t31-,36?,40+,41-,43+/m1/s1. The van der Waals surface area contributed by atoms with Crippen molar-refractivity contribution < 1.29 is 19.4 Å². The van der Waals surface area contributed by atoms with Crippen molar-refractivity contribution in [2.24, 2.45) is 5.92 Å². The van der Waals surface area contributed by atoms with Gasteiger partial charge in [0.2, 0.25) is 0 Å². The summed E-state index contributed by atoms with van der Waals surface area (Å²) in [5.41, 5.74) is 5.25. The molecule has 1 amide bonds. The van der Waals surface area contributed by atoms with Crippen molar-refractivity contribution in [3.63, 3.8) is 0 Å². The highest BCUT2D eigenvalue weighted by molar-refractivity contribution is 14.1. The van der Waals surface area contributed by atoms with Crippen LogP contribution in [0.2, 0.25) is 18.6 Å². The second kappa shape index (κ2) is 16.4. The number of aryl methyl sites for hydroxylation is 1. The first-order chi connectivity index (χ1) is 25.4. The fourth-order valence-electron chi connectivity index (χ4n) is 8.57. The van der Waals surface area contributed by atoms with Gasteiger partial charge in [-0.2, -0.15) is 0 Å². The molecule has 53 heavy (non-hydrogen) atoms. The number of carbonyl (C=O) groups is 1. The van der Waals surface area contributed by atoms with E-state index in [0.29, 0.717) is 19.5 Å². The molecule has 3 heterocycles. The zero-order chi connectivity index (χ0) is 37.9. The van der Waals surface area contributed by atoms with E-state index in [-0.39, 0.29) is 36.0 Å². The quantitative estimate of drug-likeness (QED) is 0.0781. The molecular weight excluding hydrogens is 791 g/mol. The Hall–Kier alpha value is -3.58. The number of anilines is 1. The lowest BCUT2D eigenvalue weighted by molar-refractivity contribution is -0.145. The number of aliphatic hydroxyl groups excluding tert-OH is 1. The van der Waals surface area contributed by atoms with E-state index in [2.05, 4.69) is 116 Å². The molecule has 280 valence electrons. The Bertz CT molecular complexity index is 1960. The molecule has 4 aromatic rings. The van der Waals surface area contributed by atoms with Crippen molar-refractivity contribution in [3.8, 4) is 5.75 Å². The highest BCUT2D eigenvalue weighted by Gasteiger charge is 2.66. The molecule has 0 saturated carbocycles. The van der Waals surface area contributed by atoms with Gasteiger partial charge in [-0.3, -0.25) is 9.48 Å². The molecule has 0 aliphatic carbocycles. The van der Waals surface area contributed by atoms with E-state index in [9.17, 15) is 5.11 Å². The fraction of sp³-hybridized carbons (Fsp3) is 0.419. The SMILES string of the molecule is COc1ccc([Si](C)(C)[C@H]2[C@H](CCn3cc(C(CO)c4ccccc4)nn3)O[C@@]3(C(=O)N(C/C=C(\C)CCC=C(C)C)c4ccc(I)cc43)[C@@H]2C)cc1. The van der Waals surface area contributed by atoms with Gasteiger partial charge >= 0.3 is 0 Å². The Morgan fingerprint density at radius 1 is 1.08 bits per heavy atom. The van der Waals surface area contributed by atoms with Crippen LogP contribution < -0.4 is 14.8 Å². The number of halogens is 1. The predicted molar refractivity (Wildman–Crippen MR) is 224 cm³/mol. The molecule has 2 aliphatic heterocycles. The van der Waals surface area contributed by atoms with Crippen LogP contribution in [0.25, 0.3) is 0 Å². The molecule has 2 aliphatic rings. The van der Waals surface area contributed by atoms with Gasteiger partial charge < -0.3 is 19.5 Å². The molecule has 1 spiro atoms. The molecule has 1 unspecified atom stereocenters. The molecular formula is C43H53IN4O4Si. The predicted octanol–water partition coefficient (Wildman–Crippen LogP) is 8.36. The lowest BCUT2D eigenvalue weighted by atomic mass is 9.82. The summed E-state index contributed by atoms with van der Waals surface area (Å²) in [5.74, 6) is 0.516. The lowest BCUT2D eigenvalue weighted by Crippen LogP contribution is -2.52. The molecule has 8 nitrogen and oxygen atoms in total. The van der Waals surface area contributed by atoms with Crippen LogP contribution in [-0.2, 0) is 21.7 Å². The van der Waals surface area contributed by atoms with E-state index in [1.807, 2.05) is 58.2 Å². The molecule has 10 heteroatoms. The fourth-order valence-corrected chi connectivity index (χ4v) is 13.1. The highest BCUT2D eigenvalue weighted by atomic mass is 127. The van der Waals surface area contributed by atoms with E-state index in [0.717, 1.165) is 44.7 Å². The maximum atomic E-state index is 15.1. The summed E-state index contributed by atoms with van der Waals surface area (Å²) in [6.07, 6.45) is 8.82. The van der Waals surface area contributed by atoms with Crippen LogP contribution >= 0.6 is 22.6 Å². The monoisotopic (exact) mass is 844 g/mol. The van der Waals surface area contributed by atoms with Gasteiger partial charge in [-0.25, -0.2) is 0 Å². The second-order valence-electron chi connectivity index (χ2n) is 15.4. The first kappa shape index (κ1) is 39.1. The molecule has 1 aromatic heterocycles. The summed E-state index contributed by atoms with van der Waals surface area (Å²) in [5, 5.41) is 20.6. The molecule has 0 bridgehead atoms. The number of hydrogen-bond acceptors (Lipinski definition) is 6. The van der Waals surface area contributed by atoms with Crippen molar-refractivity contribution in [1.82, 2.24) is 15.0 Å². The minimum atomic E-state index is -2.30. The number of methoxy groups -OCH3 is 1. The van der Waals surface area contributed by atoms with Gasteiger partial charge in [-0.05, 0) is 104 Å². The number of aromatic nitrogens is 3. The minimum Gasteiger partial charge on any atom is -0.497 e. The average molecular weight is 845 g/mol. The van der Waals surface area contributed by atoms with E-state index in [1.165, 1.54) is 16.3 Å². The maximum Gasteiger partial charge on any atom is 0.264 e. The van der Waals surface area contributed by atoms with E-state index >= 15 is 4.79 Å². The van der Waals surface area contributed by atoms with Gasteiger partial charge in [0.25, 0.3) is 5.91 Å². The van der Waals surface area contributed by atoms with Crippen LogP contribution in [0.5, 0.6) is 5.75 Å². The number of aliphatic hydroxyl groups is 1. The first-order valence-corrected chi connectivity index (χ1v) is 22.9. The van der Waals surface area contributed by atoms with Crippen molar-refractivity contribution in [1.29, 1.82) is 0 Å². The number of allylic oxidation sites excluding steroid dienone is 3. The molecule has 1 fully saturated rings. The van der Waals surface area contributed by atoms with Gasteiger partial charge in [0, 0.05) is 34.3 Å². The van der Waals surface area contributed by atoms with Crippen LogP contribution in [0.1, 0.15) is 69.7 Å². The van der Waals surface area contributed by atoms with Crippen LogP contribution in [0, 0.1) is 9.49 Å². The largest absolute Gasteiger partial charge is 0.497 e. The zero-order valence-corrected chi connectivity index (χ0v) is 35.2. The number of rotatable bonds is 14. The third kappa shape index (κ3) is 7.83. The number of hydrogen-bond donors (Lipinski definition) is 1. The normalized spacial score (nSPS) is 22.0. The molecule has 5 atom stereocenters. The van der Waals surface area contributed by atoms with E-state index < -0.39 is 13.7 Å². The van der Waals surface area contributed by atoms with Crippen molar-refractivity contribution >= 4 is 47.4 Å². The number of fused-ring (bicyclic) bond motifs is 2. The summed E-state index contributed by atoms with van der Waals surface area (Å²) in [7, 11) is -0.606. The third-order valence-electron chi connectivity index (χ3n) is 11.5. The Kier molecular flexibility index (Phi) is 12.1. The number of amides is 1. The Balaban J connectivity index is 1.35. The number of nitrogens with zero attached hydrogens (tertiary/aromatic N) is 4. The Morgan fingerprint density at radius 3 is 2.49 bits per heavy atom. The van der Waals surface area contributed by atoms with E-state index in [1.54, 1.807) is 7.11 Å². The summed E-state index contributed by atoms with van der Waals surface area (Å²) >= 11 is 2.36. The molecule has 0 radical (unpaired) electrons. The topological polar surface area (TPSA) is 89.7 Å². The highest BCUT2D eigenvalue weighted by Crippen LogP contribution is 2.60. The van der Waals surface area contributed by atoms with Crippen LogP contribution in [0.15, 0.2) is 102 Å². The van der Waals surface area contributed by atoms with Crippen molar-refractivity contribution in [2.45, 2.75) is 89.8 Å². The summed E-state index contributed by atoms with van der Waals surface area (Å²) < 4.78 is 15.8. The van der Waals surface area contributed by atoms with Crippen LogP contribution in [0.3, 0.4) is 0 Å². The minimum absolute atomic E-state index is 0.0269. The zero-order valence-electron chi connectivity index (χ0n) is 32.1. The van der Waals surface area contributed by atoms with Crippen molar-refractivity contribution in [3.05, 3.63) is 123 Å². The molecule has 1 saturated heterocycles. The van der Waals surface area contributed by atoms with Crippen LogP contribution in [0.4, 0.5) is 5.69 Å². The number of ether oxygens (including phenoxy) is 2. The smallest absolute Gasteiger partial charge is 0.264 e. The van der Waals surface area contributed by atoms with Gasteiger partial charge in [-0.1, -0.05) is 96.2 Å². The summed E-state index contributed by atoms with van der Waals surface area (Å²) in [6, 6.07) is 24.8. The summed E-state index contributed by atoms with van der Waals surface area (Å²) in [4.78, 5) is 17.0. The first-order valence-electron chi connectivity index (χ1n) is 18.7. The third-order valence-corrected chi connectivity index (χ3v) is 16.5. The van der Waals surface area contributed by atoms with Gasteiger partial charge in [-0.15, -0.1) is 5.10 Å². The summed E-state index contributed by atoms with van der Waals surface area (Å²) in [6.45, 7) is 14.5. The maximum absolute atomic E-state index is 15.1. The second-order valence-corrected chi connectivity index (χ2v) is 21.4. The lowest BCUT2D eigenvalue weighted by Gasteiger charge is -2.37. The number of carbonyl (C=O) groups excluding carboxylic acids is 1.